The van der Waals surface area contributed by atoms with Gasteiger partial charge in [-0.1, -0.05) is 38.7 Å². The maximum atomic E-state index is 12.7. The van der Waals surface area contributed by atoms with E-state index in [1.165, 1.54) is 19.3 Å². The van der Waals surface area contributed by atoms with Crippen LogP contribution < -0.4 is 10.1 Å². The number of imide groups is 1. The van der Waals surface area contributed by atoms with Gasteiger partial charge in [0.25, 0.3) is 5.91 Å². The first kappa shape index (κ1) is 18.4. The molecule has 6 nitrogen and oxygen atoms in total. The van der Waals surface area contributed by atoms with E-state index in [4.69, 9.17) is 4.74 Å². The smallest absolute Gasteiger partial charge is 0.255 e. The van der Waals surface area contributed by atoms with Crippen LogP contribution in [-0.4, -0.2) is 35.3 Å². The van der Waals surface area contributed by atoms with Crippen molar-refractivity contribution in [3.8, 4) is 5.75 Å². The Hall–Kier alpha value is -2.37. The van der Waals surface area contributed by atoms with E-state index < -0.39 is 6.04 Å². The average Bonchev–Trinajstić information content (AvgIpc) is 2.96. The third-order valence-electron chi connectivity index (χ3n) is 5.04. The highest BCUT2D eigenvalue weighted by Crippen LogP contribution is 2.33. The molecule has 1 aromatic rings. The lowest BCUT2D eigenvalue weighted by Gasteiger charge is -2.29. The monoisotopic (exact) mass is 358 g/mol. The summed E-state index contributed by atoms with van der Waals surface area (Å²) in [5, 5.41) is 2.32. The van der Waals surface area contributed by atoms with Crippen molar-refractivity contribution in [2.75, 3.05) is 6.61 Å². The molecule has 1 unspecified atom stereocenters. The van der Waals surface area contributed by atoms with E-state index in [2.05, 4.69) is 12.2 Å². The van der Waals surface area contributed by atoms with Crippen LogP contribution in [0.15, 0.2) is 18.2 Å². The fraction of sp³-hybridized carbons (Fsp3) is 0.550. The molecular formula is C20H26N2O4. The van der Waals surface area contributed by atoms with Gasteiger partial charge in [0.2, 0.25) is 11.8 Å². The Morgan fingerprint density at radius 1 is 1.15 bits per heavy atom. The third kappa shape index (κ3) is 3.89. The number of carbonyl (C=O) groups excluding carboxylic acids is 3. The van der Waals surface area contributed by atoms with Gasteiger partial charge in [-0.15, -0.1) is 0 Å². The number of benzene rings is 1. The van der Waals surface area contributed by atoms with E-state index in [-0.39, 0.29) is 24.1 Å². The standard InChI is InChI=1S/C20H26N2O4/c1-2-3-4-5-6-12-26-17-9-7-8-14-15(17)13-22(20(14)25)16-10-11-18(23)21-19(16)24/h7-9,16H,2-6,10-13H2,1H3,(H,21,23,24). The van der Waals surface area contributed by atoms with Gasteiger partial charge in [-0.05, 0) is 25.0 Å². The molecule has 3 rings (SSSR count). The number of ether oxygens (including phenoxy) is 1. The minimum absolute atomic E-state index is 0.164. The van der Waals surface area contributed by atoms with E-state index in [9.17, 15) is 14.4 Å². The van der Waals surface area contributed by atoms with Gasteiger partial charge < -0.3 is 9.64 Å². The Morgan fingerprint density at radius 2 is 1.96 bits per heavy atom. The first-order valence-corrected chi connectivity index (χ1v) is 9.51. The Morgan fingerprint density at radius 3 is 2.73 bits per heavy atom. The summed E-state index contributed by atoms with van der Waals surface area (Å²) in [6, 6.07) is 4.88. The summed E-state index contributed by atoms with van der Waals surface area (Å²) in [6.45, 7) is 3.17. The zero-order valence-corrected chi connectivity index (χ0v) is 15.3. The van der Waals surface area contributed by atoms with Gasteiger partial charge in [0, 0.05) is 17.5 Å². The lowest BCUT2D eigenvalue weighted by Crippen LogP contribution is -2.52. The van der Waals surface area contributed by atoms with Crippen molar-refractivity contribution in [3.63, 3.8) is 0 Å². The molecule has 0 aromatic heterocycles. The second kappa shape index (κ2) is 8.34. The van der Waals surface area contributed by atoms with Crippen LogP contribution in [0.1, 0.15) is 67.8 Å². The number of piperidine rings is 1. The number of hydrogen-bond acceptors (Lipinski definition) is 4. The maximum absolute atomic E-state index is 12.7. The second-order valence-electron chi connectivity index (χ2n) is 6.94. The first-order valence-electron chi connectivity index (χ1n) is 9.51. The predicted octanol–water partition coefficient (Wildman–Crippen LogP) is 2.80. The molecule has 2 aliphatic heterocycles. The van der Waals surface area contributed by atoms with Gasteiger partial charge in [0.15, 0.2) is 0 Å². The summed E-state index contributed by atoms with van der Waals surface area (Å²) in [4.78, 5) is 37.7. The van der Waals surface area contributed by atoms with Crippen molar-refractivity contribution in [1.29, 1.82) is 0 Å². The number of amides is 3. The fourth-order valence-electron chi connectivity index (χ4n) is 3.58. The summed E-state index contributed by atoms with van der Waals surface area (Å²) in [6.07, 6.45) is 6.45. The third-order valence-corrected chi connectivity index (χ3v) is 5.04. The summed E-state index contributed by atoms with van der Waals surface area (Å²) >= 11 is 0. The zero-order valence-electron chi connectivity index (χ0n) is 15.3. The first-order chi connectivity index (χ1) is 12.6. The molecule has 2 heterocycles. The van der Waals surface area contributed by atoms with Crippen LogP contribution in [-0.2, 0) is 16.1 Å². The van der Waals surface area contributed by atoms with E-state index in [0.29, 0.717) is 25.1 Å². The van der Waals surface area contributed by atoms with Crippen LogP contribution >= 0.6 is 0 Å². The highest BCUT2D eigenvalue weighted by Gasteiger charge is 2.40. The van der Waals surface area contributed by atoms with Crippen molar-refractivity contribution in [1.82, 2.24) is 10.2 Å². The van der Waals surface area contributed by atoms with Crippen LogP contribution in [0.2, 0.25) is 0 Å². The predicted molar refractivity (Wildman–Crippen MR) is 96.7 cm³/mol. The molecule has 1 aromatic carbocycles. The van der Waals surface area contributed by atoms with Crippen LogP contribution in [0.3, 0.4) is 0 Å². The SMILES string of the molecule is CCCCCCCOc1cccc2c1CN(C1CCC(=O)NC1=O)C2=O. The number of unbranched alkanes of at least 4 members (excludes halogenated alkanes) is 4. The number of nitrogens with one attached hydrogen (secondary N) is 1. The highest BCUT2D eigenvalue weighted by atomic mass is 16.5. The molecule has 1 saturated heterocycles. The number of nitrogens with zero attached hydrogens (tertiary/aromatic N) is 1. The fourth-order valence-corrected chi connectivity index (χ4v) is 3.58. The lowest BCUT2D eigenvalue weighted by atomic mass is 10.0. The number of fused-ring (bicyclic) bond motifs is 1. The lowest BCUT2D eigenvalue weighted by molar-refractivity contribution is -0.136. The maximum Gasteiger partial charge on any atom is 0.255 e. The van der Waals surface area contributed by atoms with Crippen molar-refractivity contribution in [2.45, 2.75) is 64.5 Å². The molecule has 0 saturated carbocycles. The van der Waals surface area contributed by atoms with Crippen molar-refractivity contribution >= 4 is 17.7 Å². The Balaban J connectivity index is 1.64. The number of hydrogen-bond donors (Lipinski definition) is 1. The van der Waals surface area contributed by atoms with Gasteiger partial charge in [0.05, 0.1) is 13.2 Å². The molecule has 3 amide bonds. The van der Waals surface area contributed by atoms with Crippen LogP contribution in [0.4, 0.5) is 0 Å². The minimum atomic E-state index is -0.588. The van der Waals surface area contributed by atoms with Crippen LogP contribution in [0.5, 0.6) is 5.75 Å². The molecule has 1 atom stereocenters. The minimum Gasteiger partial charge on any atom is -0.493 e. The average molecular weight is 358 g/mol. The quantitative estimate of drug-likeness (QED) is 0.573. The van der Waals surface area contributed by atoms with E-state index >= 15 is 0 Å². The van der Waals surface area contributed by atoms with E-state index in [1.807, 2.05) is 12.1 Å². The zero-order chi connectivity index (χ0) is 18.5. The Bertz CT molecular complexity index is 701. The molecule has 0 radical (unpaired) electrons. The molecule has 140 valence electrons. The normalized spacial score (nSPS) is 19.5. The van der Waals surface area contributed by atoms with Gasteiger partial charge in [-0.2, -0.15) is 0 Å². The summed E-state index contributed by atoms with van der Waals surface area (Å²) in [7, 11) is 0. The summed E-state index contributed by atoms with van der Waals surface area (Å²) in [5.41, 5.74) is 1.44. The number of carbonyl (C=O) groups is 3. The van der Waals surface area contributed by atoms with Gasteiger partial charge in [-0.3, -0.25) is 19.7 Å². The molecule has 0 bridgehead atoms. The molecular weight excluding hydrogens is 332 g/mol. The van der Waals surface area contributed by atoms with Crippen LogP contribution in [0.25, 0.3) is 0 Å². The second-order valence-corrected chi connectivity index (χ2v) is 6.94. The van der Waals surface area contributed by atoms with E-state index in [1.54, 1.807) is 11.0 Å². The van der Waals surface area contributed by atoms with Crippen molar-refractivity contribution < 1.29 is 19.1 Å². The highest BCUT2D eigenvalue weighted by molar-refractivity contribution is 6.05. The molecule has 2 aliphatic rings. The Labute approximate surface area is 153 Å². The molecule has 1 N–H and O–H groups in total. The largest absolute Gasteiger partial charge is 0.493 e. The molecule has 0 aliphatic carbocycles. The van der Waals surface area contributed by atoms with Crippen LogP contribution in [0, 0.1) is 0 Å². The van der Waals surface area contributed by atoms with Gasteiger partial charge in [-0.25, -0.2) is 0 Å². The van der Waals surface area contributed by atoms with Gasteiger partial charge in [0.1, 0.15) is 11.8 Å². The number of rotatable bonds is 8. The van der Waals surface area contributed by atoms with Crippen molar-refractivity contribution in [3.05, 3.63) is 29.3 Å². The topological polar surface area (TPSA) is 75.7 Å². The van der Waals surface area contributed by atoms with Gasteiger partial charge >= 0.3 is 0 Å². The summed E-state index contributed by atoms with van der Waals surface area (Å²) < 4.78 is 5.92. The van der Waals surface area contributed by atoms with E-state index in [0.717, 1.165) is 24.2 Å². The molecule has 0 spiro atoms. The molecule has 26 heavy (non-hydrogen) atoms. The summed E-state index contributed by atoms with van der Waals surface area (Å²) in [5.74, 6) is -0.104. The van der Waals surface area contributed by atoms with Crippen molar-refractivity contribution in [2.24, 2.45) is 0 Å². The Kier molecular flexibility index (Phi) is 5.91. The molecule has 1 fully saturated rings. The molecule has 6 heteroatoms.